The number of rotatable bonds is 4. The van der Waals surface area contributed by atoms with Gasteiger partial charge in [-0.3, -0.25) is 0 Å². The molecule has 0 aliphatic rings. The number of nitrogens with two attached hydrogens (primary N) is 1. The first-order chi connectivity index (χ1) is 8.70. The van der Waals surface area contributed by atoms with Crippen molar-refractivity contribution in [1.29, 1.82) is 0 Å². The van der Waals surface area contributed by atoms with Crippen LogP contribution in [-0.4, -0.2) is 0 Å². The van der Waals surface area contributed by atoms with Gasteiger partial charge in [0.15, 0.2) is 0 Å². The first kappa shape index (κ1) is 13.1. The standard InChI is InChI=1S/C14H13BrFNO/c15-13-3-1-2-4-14(13)18-9-10-5-6-12(16)7-11(10)8-17/h1-7H,8-9,17H2. The van der Waals surface area contributed by atoms with Crippen molar-refractivity contribution in [3.8, 4) is 5.75 Å². The van der Waals surface area contributed by atoms with E-state index in [1.54, 1.807) is 6.07 Å². The van der Waals surface area contributed by atoms with E-state index >= 15 is 0 Å². The van der Waals surface area contributed by atoms with Gasteiger partial charge in [0.1, 0.15) is 18.2 Å². The fourth-order valence-corrected chi connectivity index (χ4v) is 2.04. The quantitative estimate of drug-likeness (QED) is 0.936. The zero-order valence-corrected chi connectivity index (χ0v) is 11.3. The Hall–Kier alpha value is -1.39. The smallest absolute Gasteiger partial charge is 0.133 e. The van der Waals surface area contributed by atoms with Crippen LogP contribution in [0.5, 0.6) is 5.75 Å². The van der Waals surface area contributed by atoms with Crippen molar-refractivity contribution in [3.63, 3.8) is 0 Å². The summed E-state index contributed by atoms with van der Waals surface area (Å²) < 4.78 is 19.6. The Bertz CT molecular complexity index is 545. The molecule has 0 aromatic heterocycles. The van der Waals surface area contributed by atoms with E-state index in [0.717, 1.165) is 21.3 Å². The number of para-hydroxylation sites is 1. The maximum atomic E-state index is 13.1. The summed E-state index contributed by atoms with van der Waals surface area (Å²) in [6.45, 7) is 0.668. The normalized spacial score (nSPS) is 10.4. The van der Waals surface area contributed by atoms with E-state index in [2.05, 4.69) is 15.9 Å². The average molecular weight is 310 g/mol. The highest BCUT2D eigenvalue weighted by molar-refractivity contribution is 9.10. The van der Waals surface area contributed by atoms with E-state index in [4.69, 9.17) is 10.5 Å². The Morgan fingerprint density at radius 3 is 2.61 bits per heavy atom. The van der Waals surface area contributed by atoms with Crippen molar-refractivity contribution in [3.05, 3.63) is 63.9 Å². The van der Waals surface area contributed by atoms with Gasteiger partial charge in [-0.05, 0) is 51.3 Å². The summed E-state index contributed by atoms with van der Waals surface area (Å²) in [5.41, 5.74) is 7.25. The van der Waals surface area contributed by atoms with Crippen LogP contribution in [0.25, 0.3) is 0 Å². The maximum Gasteiger partial charge on any atom is 0.133 e. The third kappa shape index (κ3) is 3.09. The summed E-state index contributed by atoms with van der Waals surface area (Å²) in [4.78, 5) is 0. The Labute approximate surface area is 114 Å². The largest absolute Gasteiger partial charge is 0.488 e. The van der Waals surface area contributed by atoms with Crippen molar-refractivity contribution < 1.29 is 9.13 Å². The summed E-state index contributed by atoms with van der Waals surface area (Å²) >= 11 is 3.41. The maximum absolute atomic E-state index is 13.1. The van der Waals surface area contributed by atoms with Crippen LogP contribution in [0.1, 0.15) is 11.1 Å². The molecule has 0 bridgehead atoms. The lowest BCUT2D eigenvalue weighted by molar-refractivity contribution is 0.303. The van der Waals surface area contributed by atoms with E-state index in [1.807, 2.05) is 24.3 Å². The van der Waals surface area contributed by atoms with Crippen LogP contribution in [-0.2, 0) is 13.2 Å². The molecule has 18 heavy (non-hydrogen) atoms. The molecule has 2 rings (SSSR count). The molecular formula is C14H13BrFNO. The summed E-state index contributed by atoms with van der Waals surface area (Å²) in [7, 11) is 0. The van der Waals surface area contributed by atoms with Crippen molar-refractivity contribution >= 4 is 15.9 Å². The van der Waals surface area contributed by atoms with Crippen LogP contribution in [0.3, 0.4) is 0 Å². The minimum absolute atomic E-state index is 0.278. The second-order valence-electron chi connectivity index (χ2n) is 3.84. The topological polar surface area (TPSA) is 35.2 Å². The first-order valence-electron chi connectivity index (χ1n) is 5.55. The van der Waals surface area contributed by atoms with Gasteiger partial charge < -0.3 is 10.5 Å². The molecule has 0 radical (unpaired) electrons. The zero-order chi connectivity index (χ0) is 13.0. The molecule has 2 nitrogen and oxygen atoms in total. The van der Waals surface area contributed by atoms with Crippen molar-refractivity contribution in [1.82, 2.24) is 0 Å². The predicted octanol–water partition coefficient (Wildman–Crippen LogP) is 3.63. The summed E-state index contributed by atoms with van der Waals surface area (Å²) in [5.74, 6) is 0.477. The molecule has 0 atom stereocenters. The van der Waals surface area contributed by atoms with Crippen molar-refractivity contribution in [2.75, 3.05) is 0 Å². The second kappa shape index (κ2) is 5.98. The van der Waals surface area contributed by atoms with E-state index in [-0.39, 0.29) is 5.82 Å². The third-order valence-electron chi connectivity index (χ3n) is 2.61. The minimum atomic E-state index is -0.278. The Balaban J connectivity index is 2.13. The fraction of sp³-hybridized carbons (Fsp3) is 0.143. The zero-order valence-electron chi connectivity index (χ0n) is 9.70. The van der Waals surface area contributed by atoms with E-state index in [0.29, 0.717) is 13.2 Å². The van der Waals surface area contributed by atoms with Gasteiger partial charge in [0, 0.05) is 6.54 Å². The summed E-state index contributed by atoms with van der Waals surface area (Å²) in [5, 5.41) is 0. The van der Waals surface area contributed by atoms with Gasteiger partial charge in [0.25, 0.3) is 0 Å². The van der Waals surface area contributed by atoms with E-state index in [1.165, 1.54) is 12.1 Å². The molecule has 0 fully saturated rings. The molecule has 0 aliphatic carbocycles. The Morgan fingerprint density at radius 1 is 1.11 bits per heavy atom. The molecule has 0 aliphatic heterocycles. The second-order valence-corrected chi connectivity index (χ2v) is 4.69. The highest BCUT2D eigenvalue weighted by Gasteiger charge is 2.05. The summed E-state index contributed by atoms with van der Waals surface area (Å²) in [6, 6.07) is 12.2. The lowest BCUT2D eigenvalue weighted by atomic mass is 10.1. The molecule has 0 saturated carbocycles. The van der Waals surface area contributed by atoms with Crippen LogP contribution in [0.15, 0.2) is 46.9 Å². The van der Waals surface area contributed by atoms with Crippen LogP contribution < -0.4 is 10.5 Å². The van der Waals surface area contributed by atoms with Gasteiger partial charge in [0.05, 0.1) is 4.47 Å². The van der Waals surface area contributed by atoms with Gasteiger partial charge >= 0.3 is 0 Å². The number of benzene rings is 2. The lowest BCUT2D eigenvalue weighted by Crippen LogP contribution is -2.05. The van der Waals surface area contributed by atoms with Crippen molar-refractivity contribution in [2.45, 2.75) is 13.2 Å². The number of ether oxygens (including phenoxy) is 1. The van der Waals surface area contributed by atoms with Gasteiger partial charge in [-0.2, -0.15) is 0 Å². The van der Waals surface area contributed by atoms with Crippen LogP contribution in [0.2, 0.25) is 0 Å². The monoisotopic (exact) mass is 309 g/mol. The molecule has 2 aromatic carbocycles. The lowest BCUT2D eigenvalue weighted by Gasteiger charge is -2.11. The van der Waals surface area contributed by atoms with Gasteiger partial charge in [-0.15, -0.1) is 0 Å². The Morgan fingerprint density at radius 2 is 1.89 bits per heavy atom. The molecule has 0 saturated heterocycles. The van der Waals surface area contributed by atoms with Crippen LogP contribution in [0.4, 0.5) is 4.39 Å². The average Bonchev–Trinajstić information content (AvgIpc) is 2.39. The molecule has 0 amide bonds. The van der Waals surface area contributed by atoms with E-state index < -0.39 is 0 Å². The summed E-state index contributed by atoms with van der Waals surface area (Å²) in [6.07, 6.45) is 0. The molecule has 0 spiro atoms. The van der Waals surface area contributed by atoms with Gasteiger partial charge in [0.2, 0.25) is 0 Å². The molecular weight excluding hydrogens is 297 g/mol. The highest BCUT2D eigenvalue weighted by Crippen LogP contribution is 2.25. The minimum Gasteiger partial charge on any atom is -0.488 e. The fourth-order valence-electron chi connectivity index (χ4n) is 1.64. The van der Waals surface area contributed by atoms with Crippen LogP contribution in [0, 0.1) is 5.82 Å². The molecule has 94 valence electrons. The third-order valence-corrected chi connectivity index (χ3v) is 3.26. The number of hydrogen-bond donors (Lipinski definition) is 1. The van der Waals surface area contributed by atoms with Crippen LogP contribution >= 0.6 is 15.9 Å². The molecule has 4 heteroatoms. The molecule has 0 heterocycles. The molecule has 0 unspecified atom stereocenters. The van der Waals surface area contributed by atoms with Gasteiger partial charge in [-0.25, -0.2) is 4.39 Å². The van der Waals surface area contributed by atoms with E-state index in [9.17, 15) is 4.39 Å². The first-order valence-corrected chi connectivity index (χ1v) is 6.34. The predicted molar refractivity (Wildman–Crippen MR) is 72.8 cm³/mol. The number of halogens is 2. The Kier molecular flexibility index (Phi) is 4.33. The molecule has 2 N–H and O–H groups in total. The van der Waals surface area contributed by atoms with Gasteiger partial charge in [-0.1, -0.05) is 18.2 Å². The highest BCUT2D eigenvalue weighted by atomic mass is 79.9. The molecule has 2 aromatic rings. The SMILES string of the molecule is NCc1cc(F)ccc1COc1ccccc1Br. The van der Waals surface area contributed by atoms with Crippen molar-refractivity contribution in [2.24, 2.45) is 5.73 Å². The number of hydrogen-bond acceptors (Lipinski definition) is 2.